The third-order valence-electron chi connectivity index (χ3n) is 6.07. The van der Waals surface area contributed by atoms with E-state index in [1.165, 1.54) is 17.8 Å². The van der Waals surface area contributed by atoms with Gasteiger partial charge in [-0.05, 0) is 30.3 Å². The number of aromatic nitrogens is 2. The van der Waals surface area contributed by atoms with Gasteiger partial charge in [-0.25, -0.2) is 4.68 Å². The summed E-state index contributed by atoms with van der Waals surface area (Å²) in [5, 5.41) is 7.17. The molecular weight excluding hydrogens is 466 g/mol. The summed E-state index contributed by atoms with van der Waals surface area (Å²) in [4.78, 5) is 41.0. The van der Waals surface area contributed by atoms with Gasteiger partial charge >= 0.3 is 0 Å². The van der Waals surface area contributed by atoms with Gasteiger partial charge in [0.05, 0.1) is 6.20 Å². The second kappa shape index (κ2) is 9.61. The topological polar surface area (TPSA) is 115 Å². The predicted octanol–water partition coefficient (Wildman–Crippen LogP) is 2.35. The van der Waals surface area contributed by atoms with Crippen molar-refractivity contribution in [3.63, 3.8) is 0 Å². The van der Waals surface area contributed by atoms with Crippen LogP contribution in [0.25, 0.3) is 0 Å². The average molecular weight is 492 g/mol. The van der Waals surface area contributed by atoms with Gasteiger partial charge in [0.15, 0.2) is 22.9 Å². The van der Waals surface area contributed by atoms with Crippen LogP contribution in [0, 0.1) is 0 Å². The number of amides is 2. The fraction of sp³-hybridized carbons (Fsp3) is 0.280. The summed E-state index contributed by atoms with van der Waals surface area (Å²) in [7, 11) is 1.54. The normalized spacial score (nSPS) is 14.5. The average Bonchev–Trinajstić information content (AvgIpc) is 3.36. The van der Waals surface area contributed by atoms with Crippen molar-refractivity contribution in [2.75, 3.05) is 38.3 Å². The number of carbonyl (C=O) groups excluding carboxylic acids is 2. The van der Waals surface area contributed by atoms with E-state index in [0.717, 1.165) is 0 Å². The van der Waals surface area contributed by atoms with E-state index < -0.39 is 5.56 Å². The second-order valence-corrected chi connectivity index (χ2v) is 8.43. The molecule has 0 aliphatic carbocycles. The van der Waals surface area contributed by atoms with Crippen molar-refractivity contribution in [3.05, 3.63) is 64.6 Å². The Balaban J connectivity index is 1.36. The van der Waals surface area contributed by atoms with Gasteiger partial charge in [-0.15, -0.1) is 0 Å². The standard InChI is InChI=1S/C25H25N5O6/c1-16(31)29-8-10-30(11-9-29)24(32)17-4-3-5-18(12-17)27-23-22(14-26-28(2)25(23)33)36-19-6-7-20-21(13-19)35-15-34-20/h3-7,12-14,27H,8-11,15H2,1-2H3. The molecule has 2 aliphatic rings. The number of fused-ring (bicyclic) bond motifs is 1. The summed E-state index contributed by atoms with van der Waals surface area (Å²) in [6, 6.07) is 12.0. The van der Waals surface area contributed by atoms with Crippen molar-refractivity contribution in [2.24, 2.45) is 7.05 Å². The first-order valence-corrected chi connectivity index (χ1v) is 11.4. The Kier molecular flexibility index (Phi) is 6.19. The quantitative estimate of drug-likeness (QED) is 0.579. The molecule has 0 spiro atoms. The lowest BCUT2D eigenvalue weighted by molar-refractivity contribution is -0.130. The van der Waals surface area contributed by atoms with Crippen molar-refractivity contribution in [3.8, 4) is 23.0 Å². The molecule has 3 aromatic rings. The van der Waals surface area contributed by atoms with Crippen LogP contribution in [-0.4, -0.2) is 64.4 Å². The minimum Gasteiger partial charge on any atom is -0.454 e. The first-order valence-electron chi connectivity index (χ1n) is 11.4. The summed E-state index contributed by atoms with van der Waals surface area (Å²) >= 11 is 0. The molecule has 1 aromatic heterocycles. The molecule has 0 saturated carbocycles. The van der Waals surface area contributed by atoms with Gasteiger partial charge in [0.2, 0.25) is 12.7 Å². The zero-order valence-corrected chi connectivity index (χ0v) is 19.9. The molecule has 5 rings (SSSR count). The minimum atomic E-state index is -0.398. The van der Waals surface area contributed by atoms with Crippen molar-refractivity contribution in [1.29, 1.82) is 0 Å². The number of piperazine rings is 1. The number of nitrogens with one attached hydrogen (secondary N) is 1. The smallest absolute Gasteiger partial charge is 0.294 e. The summed E-state index contributed by atoms with van der Waals surface area (Å²) in [6.45, 7) is 3.61. The number of ether oxygens (including phenoxy) is 3. The Morgan fingerprint density at radius 1 is 1.00 bits per heavy atom. The Morgan fingerprint density at radius 3 is 2.53 bits per heavy atom. The van der Waals surface area contributed by atoms with Crippen LogP contribution in [0.2, 0.25) is 0 Å². The van der Waals surface area contributed by atoms with E-state index in [9.17, 15) is 14.4 Å². The molecule has 1 fully saturated rings. The first kappa shape index (κ1) is 23.2. The monoisotopic (exact) mass is 491 g/mol. The van der Waals surface area contributed by atoms with Gasteiger partial charge in [-0.3, -0.25) is 14.4 Å². The number of nitrogens with zero attached hydrogens (tertiary/aromatic N) is 4. The molecule has 2 amide bonds. The number of rotatable bonds is 5. The van der Waals surface area contributed by atoms with Crippen molar-refractivity contribution < 1.29 is 23.8 Å². The molecule has 36 heavy (non-hydrogen) atoms. The molecule has 0 bridgehead atoms. The zero-order chi connectivity index (χ0) is 25.2. The van der Waals surface area contributed by atoms with Gasteiger partial charge in [0, 0.05) is 57.5 Å². The summed E-state index contributed by atoms with van der Waals surface area (Å²) < 4.78 is 17.9. The molecule has 0 radical (unpaired) electrons. The maximum atomic E-state index is 13.1. The molecule has 3 heterocycles. The van der Waals surface area contributed by atoms with E-state index in [4.69, 9.17) is 14.2 Å². The lowest BCUT2D eigenvalue weighted by Crippen LogP contribution is -2.50. The molecule has 11 heteroatoms. The molecule has 2 aliphatic heterocycles. The van der Waals surface area contributed by atoms with Gasteiger partial charge in [0.25, 0.3) is 11.5 Å². The van der Waals surface area contributed by atoms with Crippen molar-refractivity contribution in [1.82, 2.24) is 19.6 Å². The van der Waals surface area contributed by atoms with Crippen LogP contribution < -0.4 is 25.1 Å². The van der Waals surface area contributed by atoms with Crippen LogP contribution in [0.1, 0.15) is 17.3 Å². The van der Waals surface area contributed by atoms with Crippen LogP contribution in [0.15, 0.2) is 53.5 Å². The lowest BCUT2D eigenvalue weighted by Gasteiger charge is -2.34. The highest BCUT2D eigenvalue weighted by Gasteiger charge is 2.24. The Morgan fingerprint density at radius 2 is 1.75 bits per heavy atom. The second-order valence-electron chi connectivity index (χ2n) is 8.43. The number of aryl methyl sites for hydroxylation is 1. The van der Waals surface area contributed by atoms with E-state index >= 15 is 0 Å². The molecule has 186 valence electrons. The Labute approximate surface area is 206 Å². The fourth-order valence-electron chi connectivity index (χ4n) is 4.06. The highest BCUT2D eigenvalue weighted by atomic mass is 16.7. The predicted molar refractivity (Wildman–Crippen MR) is 130 cm³/mol. The van der Waals surface area contributed by atoms with E-state index in [2.05, 4.69) is 10.4 Å². The van der Waals surface area contributed by atoms with Crippen molar-refractivity contribution >= 4 is 23.2 Å². The van der Waals surface area contributed by atoms with Gasteiger partial charge in [-0.2, -0.15) is 5.10 Å². The molecule has 1 saturated heterocycles. The summed E-state index contributed by atoms with van der Waals surface area (Å²) in [5.41, 5.74) is 0.789. The van der Waals surface area contributed by atoms with Gasteiger partial charge < -0.3 is 29.3 Å². The summed E-state index contributed by atoms with van der Waals surface area (Å²) in [6.07, 6.45) is 1.44. The van der Waals surface area contributed by atoms with E-state index in [0.29, 0.717) is 54.7 Å². The molecule has 11 nitrogen and oxygen atoms in total. The van der Waals surface area contributed by atoms with Gasteiger partial charge in [-0.1, -0.05) is 6.07 Å². The van der Waals surface area contributed by atoms with Crippen LogP contribution in [0.3, 0.4) is 0 Å². The van der Waals surface area contributed by atoms with E-state index in [1.54, 1.807) is 59.3 Å². The molecular formula is C25H25N5O6. The third-order valence-corrected chi connectivity index (χ3v) is 6.07. The van der Waals surface area contributed by atoms with Gasteiger partial charge in [0.1, 0.15) is 5.75 Å². The number of anilines is 2. The lowest BCUT2D eigenvalue weighted by atomic mass is 10.1. The Bertz CT molecular complexity index is 1380. The Hall–Kier alpha value is -4.54. The zero-order valence-electron chi connectivity index (χ0n) is 19.9. The van der Waals surface area contributed by atoms with Crippen molar-refractivity contribution in [2.45, 2.75) is 6.92 Å². The SMILES string of the molecule is CC(=O)N1CCN(C(=O)c2cccc(Nc3c(Oc4ccc5c(c4)OCO5)cnn(C)c3=O)c2)CC1. The summed E-state index contributed by atoms with van der Waals surface area (Å²) in [5.74, 6) is 1.70. The highest BCUT2D eigenvalue weighted by Crippen LogP contribution is 2.37. The number of benzene rings is 2. The van der Waals surface area contributed by atoms with E-state index in [1.807, 2.05) is 0 Å². The molecule has 0 atom stereocenters. The highest BCUT2D eigenvalue weighted by molar-refractivity contribution is 5.95. The maximum Gasteiger partial charge on any atom is 0.294 e. The molecule has 0 unspecified atom stereocenters. The van der Waals surface area contributed by atoms with Crippen LogP contribution >= 0.6 is 0 Å². The minimum absolute atomic E-state index is 0.00555. The number of hydrogen-bond donors (Lipinski definition) is 1. The van der Waals surface area contributed by atoms with E-state index in [-0.39, 0.29) is 30.0 Å². The maximum absolute atomic E-state index is 13.1. The third kappa shape index (κ3) is 4.67. The largest absolute Gasteiger partial charge is 0.454 e. The van der Waals surface area contributed by atoms with Crippen LogP contribution in [0.4, 0.5) is 11.4 Å². The molecule has 1 N–H and O–H groups in total. The number of hydrogen-bond acceptors (Lipinski definition) is 8. The first-order chi connectivity index (χ1) is 17.4. The fourth-order valence-corrected chi connectivity index (χ4v) is 4.06. The van der Waals surface area contributed by atoms with Crippen LogP contribution in [0.5, 0.6) is 23.0 Å². The van der Waals surface area contributed by atoms with Crippen LogP contribution in [-0.2, 0) is 11.8 Å². The number of carbonyl (C=O) groups is 2. The molecule has 2 aromatic carbocycles.